The van der Waals surface area contributed by atoms with E-state index in [1.165, 1.54) is 18.9 Å². The second kappa shape index (κ2) is 7.63. The molecule has 0 spiro atoms. The predicted octanol–water partition coefficient (Wildman–Crippen LogP) is 3.55. The van der Waals surface area contributed by atoms with Crippen LogP contribution in [0.3, 0.4) is 0 Å². The average molecular weight is 380 g/mol. The lowest BCUT2D eigenvalue weighted by Crippen LogP contribution is -2.03. The van der Waals surface area contributed by atoms with E-state index in [0.29, 0.717) is 23.1 Å². The summed E-state index contributed by atoms with van der Waals surface area (Å²) < 4.78 is 12.1. The van der Waals surface area contributed by atoms with Gasteiger partial charge < -0.3 is 9.15 Å². The first kappa shape index (κ1) is 17.3. The number of methoxy groups -OCH3 is 1. The van der Waals surface area contributed by atoms with Crippen molar-refractivity contribution in [3.8, 4) is 0 Å². The molecule has 0 unspecified atom stereocenters. The van der Waals surface area contributed by atoms with Crippen LogP contribution in [0.5, 0.6) is 0 Å². The molecule has 7 nitrogen and oxygen atoms in total. The first-order valence-electron chi connectivity index (χ1n) is 8.26. The van der Waals surface area contributed by atoms with E-state index in [1.54, 1.807) is 16.8 Å². The Labute approximate surface area is 159 Å². The molecule has 136 valence electrons. The molecule has 0 amide bonds. The van der Waals surface area contributed by atoms with Crippen molar-refractivity contribution in [2.24, 2.45) is 0 Å². The maximum absolute atomic E-state index is 11.5. The summed E-state index contributed by atoms with van der Waals surface area (Å²) in [6, 6.07) is 14.9. The Morgan fingerprint density at radius 3 is 2.78 bits per heavy atom. The molecule has 0 aliphatic rings. The van der Waals surface area contributed by atoms with Crippen LogP contribution in [0.25, 0.3) is 11.1 Å². The fourth-order valence-corrected chi connectivity index (χ4v) is 3.30. The summed E-state index contributed by atoms with van der Waals surface area (Å²) in [6.45, 7) is 0.571. The van der Waals surface area contributed by atoms with Gasteiger partial charge in [0, 0.05) is 11.9 Å². The van der Waals surface area contributed by atoms with Gasteiger partial charge in [0.15, 0.2) is 5.58 Å². The summed E-state index contributed by atoms with van der Waals surface area (Å²) in [6.07, 6.45) is 1.89. The van der Waals surface area contributed by atoms with E-state index in [9.17, 15) is 4.79 Å². The first-order chi connectivity index (χ1) is 13.2. The van der Waals surface area contributed by atoms with Crippen molar-refractivity contribution in [2.45, 2.75) is 17.5 Å². The molecule has 0 fully saturated rings. The largest absolute Gasteiger partial charge is 0.465 e. The molecule has 0 aliphatic heterocycles. The van der Waals surface area contributed by atoms with Crippen LogP contribution in [-0.4, -0.2) is 33.1 Å². The number of oxazole rings is 1. The Bertz CT molecular complexity index is 1040. The molecule has 2 aromatic heterocycles. The molecule has 0 saturated heterocycles. The highest BCUT2D eigenvalue weighted by Gasteiger charge is 2.09. The van der Waals surface area contributed by atoms with Crippen LogP contribution in [0, 0.1) is 0 Å². The van der Waals surface area contributed by atoms with Crippen molar-refractivity contribution in [1.29, 1.82) is 0 Å². The number of nitrogens with zero attached hydrogens (tertiary/aromatic N) is 4. The molecule has 4 aromatic rings. The van der Waals surface area contributed by atoms with Gasteiger partial charge in [0.2, 0.25) is 0 Å². The Morgan fingerprint density at radius 2 is 2.00 bits per heavy atom. The molecule has 0 atom stereocenters. The lowest BCUT2D eigenvalue weighted by Gasteiger charge is -2.02. The van der Waals surface area contributed by atoms with Crippen molar-refractivity contribution >= 4 is 28.8 Å². The lowest BCUT2D eigenvalue weighted by molar-refractivity contribution is 0.0600. The zero-order valence-electron chi connectivity index (χ0n) is 14.5. The topological polar surface area (TPSA) is 83.0 Å². The highest BCUT2D eigenvalue weighted by atomic mass is 32.2. The number of hydrogen-bond acceptors (Lipinski definition) is 7. The van der Waals surface area contributed by atoms with Crippen molar-refractivity contribution in [3.05, 3.63) is 71.5 Å². The zero-order valence-corrected chi connectivity index (χ0v) is 15.3. The molecule has 2 heterocycles. The van der Waals surface area contributed by atoms with E-state index >= 15 is 0 Å². The molecule has 0 bridgehead atoms. The Hall–Kier alpha value is -3.13. The van der Waals surface area contributed by atoms with Crippen molar-refractivity contribution < 1.29 is 13.9 Å². The third-order valence-corrected chi connectivity index (χ3v) is 4.79. The smallest absolute Gasteiger partial charge is 0.337 e. The summed E-state index contributed by atoms with van der Waals surface area (Å²) >= 11 is 1.48. The molecule has 0 aliphatic carbocycles. The summed E-state index contributed by atoms with van der Waals surface area (Å²) in [5.41, 5.74) is 4.01. The van der Waals surface area contributed by atoms with Gasteiger partial charge >= 0.3 is 5.97 Å². The molecule has 0 N–H and O–H groups in total. The number of carbonyl (C=O) groups is 1. The van der Waals surface area contributed by atoms with Gasteiger partial charge in [-0.25, -0.2) is 14.5 Å². The Morgan fingerprint density at radius 1 is 1.19 bits per heavy atom. The third-order valence-electron chi connectivity index (χ3n) is 3.92. The van der Waals surface area contributed by atoms with Gasteiger partial charge in [-0.3, -0.25) is 0 Å². The minimum atomic E-state index is -0.346. The van der Waals surface area contributed by atoms with Crippen molar-refractivity contribution in [3.63, 3.8) is 0 Å². The van der Waals surface area contributed by atoms with Gasteiger partial charge in [-0.2, -0.15) is 0 Å². The van der Waals surface area contributed by atoms with E-state index in [2.05, 4.69) is 15.3 Å². The van der Waals surface area contributed by atoms with Crippen molar-refractivity contribution in [1.82, 2.24) is 20.0 Å². The molecule has 0 saturated carbocycles. The van der Waals surface area contributed by atoms with Crippen LogP contribution in [-0.2, 0) is 17.0 Å². The summed E-state index contributed by atoms with van der Waals surface area (Å²) in [5.74, 6) is 0.273. The molecule has 4 rings (SSSR count). The SMILES string of the molecule is COC(=O)c1ccc(Cn2cc(CSc3nc4ccccc4o3)nn2)cc1. The van der Waals surface area contributed by atoms with E-state index < -0.39 is 0 Å². The maximum atomic E-state index is 11.5. The van der Waals surface area contributed by atoms with Gasteiger partial charge in [-0.15, -0.1) is 5.10 Å². The Kier molecular flexibility index (Phi) is 4.88. The van der Waals surface area contributed by atoms with E-state index in [4.69, 9.17) is 9.15 Å². The van der Waals surface area contributed by atoms with Crippen LogP contribution in [0.15, 0.2) is 64.4 Å². The molecular weight excluding hydrogens is 364 g/mol. The molecule has 2 aromatic carbocycles. The normalized spacial score (nSPS) is 11.0. The second-order valence-electron chi connectivity index (χ2n) is 5.83. The molecule has 0 radical (unpaired) electrons. The number of benzene rings is 2. The van der Waals surface area contributed by atoms with Gasteiger partial charge in [-0.05, 0) is 29.8 Å². The van der Waals surface area contributed by atoms with Gasteiger partial charge in [0.25, 0.3) is 5.22 Å². The van der Waals surface area contributed by atoms with Crippen LogP contribution in [0.2, 0.25) is 0 Å². The lowest BCUT2D eigenvalue weighted by atomic mass is 10.1. The number of para-hydroxylation sites is 2. The second-order valence-corrected chi connectivity index (χ2v) is 6.76. The molecule has 27 heavy (non-hydrogen) atoms. The number of rotatable bonds is 6. The van der Waals surface area contributed by atoms with E-state index in [0.717, 1.165) is 22.4 Å². The zero-order chi connectivity index (χ0) is 18.6. The van der Waals surface area contributed by atoms with Gasteiger partial charge in [0.1, 0.15) is 5.52 Å². The van der Waals surface area contributed by atoms with Crippen LogP contribution in [0.4, 0.5) is 0 Å². The molecular formula is C19H16N4O3S. The fourth-order valence-electron chi connectivity index (χ4n) is 2.58. The fraction of sp³-hybridized carbons (Fsp3) is 0.158. The number of aromatic nitrogens is 4. The van der Waals surface area contributed by atoms with Gasteiger partial charge in [-0.1, -0.05) is 41.2 Å². The summed E-state index contributed by atoms with van der Waals surface area (Å²) in [4.78, 5) is 15.9. The summed E-state index contributed by atoms with van der Waals surface area (Å²) in [7, 11) is 1.37. The summed E-state index contributed by atoms with van der Waals surface area (Å²) in [5, 5.41) is 8.95. The van der Waals surface area contributed by atoms with E-state index in [1.807, 2.05) is 42.6 Å². The van der Waals surface area contributed by atoms with Crippen molar-refractivity contribution in [2.75, 3.05) is 7.11 Å². The maximum Gasteiger partial charge on any atom is 0.337 e. The number of hydrogen-bond donors (Lipinski definition) is 0. The predicted molar refractivity (Wildman–Crippen MR) is 100 cm³/mol. The number of ether oxygens (including phenoxy) is 1. The number of esters is 1. The highest BCUT2D eigenvalue weighted by molar-refractivity contribution is 7.98. The Balaban J connectivity index is 1.37. The quantitative estimate of drug-likeness (QED) is 0.374. The first-order valence-corrected chi connectivity index (χ1v) is 9.24. The minimum Gasteiger partial charge on any atom is -0.465 e. The number of fused-ring (bicyclic) bond motifs is 1. The standard InChI is InChI=1S/C19H16N4O3S/c1-25-18(24)14-8-6-13(7-9-14)10-23-11-15(21-22-23)12-27-19-20-16-4-2-3-5-17(16)26-19/h2-9,11H,10,12H2,1H3. The molecule has 8 heteroatoms. The van der Waals surface area contributed by atoms with Gasteiger partial charge in [0.05, 0.1) is 24.9 Å². The van der Waals surface area contributed by atoms with Crippen LogP contribution >= 0.6 is 11.8 Å². The minimum absolute atomic E-state index is 0.346. The number of thioether (sulfide) groups is 1. The number of carbonyl (C=O) groups excluding carboxylic acids is 1. The average Bonchev–Trinajstić information content (AvgIpc) is 3.32. The highest BCUT2D eigenvalue weighted by Crippen LogP contribution is 2.25. The van der Waals surface area contributed by atoms with E-state index in [-0.39, 0.29) is 5.97 Å². The van der Waals surface area contributed by atoms with Crippen LogP contribution < -0.4 is 0 Å². The third kappa shape index (κ3) is 4.01. The monoisotopic (exact) mass is 380 g/mol. The van der Waals surface area contributed by atoms with Crippen LogP contribution in [0.1, 0.15) is 21.6 Å².